The van der Waals surface area contributed by atoms with E-state index in [1.165, 1.54) is 5.56 Å². The summed E-state index contributed by atoms with van der Waals surface area (Å²) in [6.07, 6.45) is 0. The Balaban J connectivity index is 2.26. The first-order chi connectivity index (χ1) is 10.4. The first-order valence-electron chi connectivity index (χ1n) is 7.21. The van der Waals surface area contributed by atoms with Gasteiger partial charge in [0.25, 0.3) is 0 Å². The highest BCUT2D eigenvalue weighted by Crippen LogP contribution is 2.28. The smallest absolute Gasteiger partial charge is 0.126 e. The lowest BCUT2D eigenvalue weighted by atomic mass is 9.95. The van der Waals surface area contributed by atoms with Gasteiger partial charge in [-0.05, 0) is 60.4 Å². The molecule has 2 rings (SSSR count). The summed E-state index contributed by atoms with van der Waals surface area (Å²) < 4.78 is 5.13. The molecular weight excluding hydrogens is 294 g/mol. The number of thiocarbonyl (C=S) groups is 1. The lowest BCUT2D eigenvalue weighted by Crippen LogP contribution is -2.12. The first kappa shape index (κ1) is 16.3. The van der Waals surface area contributed by atoms with Crippen LogP contribution in [-0.4, -0.2) is 17.2 Å². The van der Waals surface area contributed by atoms with Crippen molar-refractivity contribution in [3.8, 4) is 11.5 Å². The van der Waals surface area contributed by atoms with Gasteiger partial charge in [-0.25, -0.2) is 0 Å². The van der Waals surface area contributed by atoms with Crippen LogP contribution in [0.4, 0.5) is 5.69 Å². The van der Waals surface area contributed by atoms with Gasteiger partial charge in [0.2, 0.25) is 0 Å². The molecule has 2 aromatic carbocycles. The van der Waals surface area contributed by atoms with Gasteiger partial charge in [-0.1, -0.05) is 26.1 Å². The van der Waals surface area contributed by atoms with Crippen LogP contribution in [0.25, 0.3) is 0 Å². The SMILES string of the molecule is COc1ccc(NC(=S)c2cc(C(C)C)c(C)cc2O)cc1. The molecule has 0 aliphatic carbocycles. The zero-order chi connectivity index (χ0) is 16.3. The number of methoxy groups -OCH3 is 1. The Morgan fingerprint density at radius 1 is 1.18 bits per heavy atom. The molecule has 0 aromatic heterocycles. The lowest BCUT2D eigenvalue weighted by Gasteiger charge is -2.15. The van der Waals surface area contributed by atoms with E-state index in [1.807, 2.05) is 37.3 Å². The highest BCUT2D eigenvalue weighted by atomic mass is 32.1. The Morgan fingerprint density at radius 2 is 1.82 bits per heavy atom. The molecule has 3 nitrogen and oxygen atoms in total. The second-order valence-corrected chi connectivity index (χ2v) is 5.97. The maximum absolute atomic E-state index is 10.2. The number of phenols is 1. The maximum Gasteiger partial charge on any atom is 0.126 e. The van der Waals surface area contributed by atoms with Crippen LogP contribution in [0.15, 0.2) is 36.4 Å². The van der Waals surface area contributed by atoms with Crippen molar-refractivity contribution >= 4 is 22.9 Å². The van der Waals surface area contributed by atoms with Gasteiger partial charge in [-0.15, -0.1) is 0 Å². The molecule has 2 N–H and O–H groups in total. The van der Waals surface area contributed by atoms with Crippen molar-refractivity contribution in [3.63, 3.8) is 0 Å². The van der Waals surface area contributed by atoms with Gasteiger partial charge in [0.15, 0.2) is 0 Å². The third-order valence-corrected chi connectivity index (χ3v) is 3.92. The largest absolute Gasteiger partial charge is 0.507 e. The van der Waals surface area contributed by atoms with Crippen LogP contribution in [0.1, 0.15) is 36.5 Å². The van der Waals surface area contributed by atoms with Crippen molar-refractivity contribution in [1.82, 2.24) is 0 Å². The van der Waals surface area contributed by atoms with E-state index in [2.05, 4.69) is 19.2 Å². The number of anilines is 1. The van der Waals surface area contributed by atoms with E-state index in [-0.39, 0.29) is 5.75 Å². The minimum Gasteiger partial charge on any atom is -0.507 e. The minimum atomic E-state index is 0.202. The van der Waals surface area contributed by atoms with Gasteiger partial charge in [0, 0.05) is 5.69 Å². The van der Waals surface area contributed by atoms with Crippen LogP contribution in [-0.2, 0) is 0 Å². The average Bonchev–Trinajstić information content (AvgIpc) is 2.47. The molecule has 0 atom stereocenters. The highest BCUT2D eigenvalue weighted by molar-refractivity contribution is 7.81. The quantitative estimate of drug-likeness (QED) is 0.808. The summed E-state index contributed by atoms with van der Waals surface area (Å²) in [5, 5.41) is 13.3. The van der Waals surface area contributed by atoms with Crippen LogP contribution in [0.5, 0.6) is 11.5 Å². The Morgan fingerprint density at radius 3 is 2.36 bits per heavy atom. The fourth-order valence-corrected chi connectivity index (χ4v) is 2.67. The number of nitrogens with one attached hydrogen (secondary N) is 1. The maximum atomic E-state index is 10.2. The molecule has 0 unspecified atom stereocenters. The highest BCUT2D eigenvalue weighted by Gasteiger charge is 2.13. The summed E-state index contributed by atoms with van der Waals surface area (Å²) in [4.78, 5) is 0.504. The minimum absolute atomic E-state index is 0.202. The van der Waals surface area contributed by atoms with Gasteiger partial charge < -0.3 is 15.2 Å². The molecule has 0 fully saturated rings. The van der Waals surface area contributed by atoms with E-state index in [0.717, 1.165) is 17.0 Å². The van der Waals surface area contributed by atoms with Gasteiger partial charge in [0.05, 0.1) is 12.7 Å². The molecule has 2 aromatic rings. The van der Waals surface area contributed by atoms with Gasteiger partial charge >= 0.3 is 0 Å². The molecule has 0 aliphatic heterocycles. The Bertz CT molecular complexity index is 678. The van der Waals surface area contributed by atoms with Crippen molar-refractivity contribution in [2.24, 2.45) is 0 Å². The van der Waals surface area contributed by atoms with E-state index in [4.69, 9.17) is 17.0 Å². The third kappa shape index (κ3) is 3.57. The van der Waals surface area contributed by atoms with E-state index in [1.54, 1.807) is 13.2 Å². The number of hydrogen-bond donors (Lipinski definition) is 2. The topological polar surface area (TPSA) is 41.5 Å². The Labute approximate surface area is 136 Å². The van der Waals surface area contributed by atoms with Gasteiger partial charge in [-0.2, -0.15) is 0 Å². The second-order valence-electron chi connectivity index (χ2n) is 5.56. The summed E-state index contributed by atoms with van der Waals surface area (Å²) in [7, 11) is 1.63. The third-order valence-electron chi connectivity index (χ3n) is 3.60. The number of aromatic hydroxyl groups is 1. The van der Waals surface area contributed by atoms with Gasteiger partial charge in [-0.3, -0.25) is 0 Å². The number of hydrogen-bond acceptors (Lipinski definition) is 3. The molecule has 0 heterocycles. The molecule has 4 heteroatoms. The molecule has 0 bridgehead atoms. The summed E-state index contributed by atoms with van der Waals surface area (Å²) in [5.74, 6) is 1.37. The predicted molar refractivity (Wildman–Crippen MR) is 95.2 cm³/mol. The molecule has 116 valence electrons. The molecule has 0 amide bonds. The molecule has 22 heavy (non-hydrogen) atoms. The normalized spacial score (nSPS) is 10.6. The number of benzene rings is 2. The van der Waals surface area contributed by atoms with Crippen molar-refractivity contribution in [2.45, 2.75) is 26.7 Å². The standard InChI is InChI=1S/C18H21NO2S/c1-11(2)15-10-16(17(20)9-12(15)3)18(22)19-13-5-7-14(21-4)8-6-13/h5-11,20H,1-4H3,(H,19,22). The molecule has 0 radical (unpaired) electrons. The summed E-state index contributed by atoms with van der Waals surface area (Å²) >= 11 is 5.44. The predicted octanol–water partition coefficient (Wildman–Crippen LogP) is 4.62. The second kappa shape index (κ2) is 6.79. The summed E-state index contributed by atoms with van der Waals surface area (Å²) in [6, 6.07) is 11.2. The van der Waals surface area contributed by atoms with Crippen molar-refractivity contribution in [3.05, 3.63) is 53.1 Å². The average molecular weight is 315 g/mol. The number of phenolic OH excluding ortho intramolecular Hbond substituents is 1. The number of ether oxygens (including phenoxy) is 1. The molecule has 0 saturated heterocycles. The van der Waals surface area contributed by atoms with Crippen LogP contribution < -0.4 is 10.1 Å². The number of aryl methyl sites for hydroxylation is 1. The van der Waals surface area contributed by atoms with Crippen molar-refractivity contribution in [2.75, 3.05) is 12.4 Å². The van der Waals surface area contributed by atoms with Crippen LogP contribution in [0, 0.1) is 6.92 Å². The number of rotatable bonds is 4. The fraction of sp³-hybridized carbons (Fsp3) is 0.278. The fourth-order valence-electron chi connectivity index (χ4n) is 2.39. The zero-order valence-corrected chi connectivity index (χ0v) is 14.1. The molecular formula is C18H21NO2S. The molecule has 0 spiro atoms. The Hall–Kier alpha value is -2.07. The van der Waals surface area contributed by atoms with Crippen LogP contribution in [0.2, 0.25) is 0 Å². The first-order valence-corrected chi connectivity index (χ1v) is 7.62. The summed E-state index contributed by atoms with van der Waals surface area (Å²) in [6.45, 7) is 6.25. The Kier molecular flexibility index (Phi) is 5.03. The van der Waals surface area contributed by atoms with E-state index in [0.29, 0.717) is 16.5 Å². The van der Waals surface area contributed by atoms with Crippen molar-refractivity contribution < 1.29 is 9.84 Å². The monoisotopic (exact) mass is 315 g/mol. The van der Waals surface area contributed by atoms with E-state index in [9.17, 15) is 5.11 Å². The van der Waals surface area contributed by atoms with Crippen LogP contribution >= 0.6 is 12.2 Å². The summed E-state index contributed by atoms with van der Waals surface area (Å²) in [5.41, 5.74) is 3.77. The molecule has 0 saturated carbocycles. The van der Waals surface area contributed by atoms with E-state index < -0.39 is 0 Å². The zero-order valence-electron chi connectivity index (χ0n) is 13.3. The van der Waals surface area contributed by atoms with Crippen molar-refractivity contribution in [1.29, 1.82) is 0 Å². The lowest BCUT2D eigenvalue weighted by molar-refractivity contribution is 0.415. The van der Waals surface area contributed by atoms with E-state index >= 15 is 0 Å². The van der Waals surface area contributed by atoms with Crippen LogP contribution in [0.3, 0.4) is 0 Å². The molecule has 0 aliphatic rings. The van der Waals surface area contributed by atoms with Gasteiger partial charge in [0.1, 0.15) is 16.5 Å².